The Hall–Kier alpha value is -2.42. The predicted octanol–water partition coefficient (Wildman–Crippen LogP) is 3.58. The van der Waals surface area contributed by atoms with Crippen LogP contribution in [0.4, 0.5) is 5.69 Å². The normalized spacial score (nSPS) is 17.4. The first-order chi connectivity index (χ1) is 14.3. The van der Waals surface area contributed by atoms with Crippen molar-refractivity contribution in [1.29, 1.82) is 0 Å². The lowest BCUT2D eigenvalue weighted by molar-refractivity contribution is 0.0936. The zero-order chi connectivity index (χ0) is 19.9. The summed E-state index contributed by atoms with van der Waals surface area (Å²) in [4.78, 5) is 7.05. The third-order valence-corrected chi connectivity index (χ3v) is 4.95. The first-order valence-electron chi connectivity index (χ1n) is 10.2. The van der Waals surface area contributed by atoms with Crippen molar-refractivity contribution in [2.75, 3.05) is 37.7 Å². The number of aliphatic imine (C=N–C) groups is 1. The fourth-order valence-corrected chi connectivity index (χ4v) is 3.39. The summed E-state index contributed by atoms with van der Waals surface area (Å²) in [6, 6.07) is 16.4. The Bertz CT molecular complexity index is 862. The highest BCUT2D eigenvalue weighted by molar-refractivity contribution is 14.0. The Morgan fingerprint density at radius 3 is 2.50 bits per heavy atom. The number of nitrogens with one attached hydrogen (secondary N) is 2. The molecule has 4 rings (SSSR count). The van der Waals surface area contributed by atoms with E-state index in [4.69, 9.17) is 14.5 Å². The maximum Gasteiger partial charge on any atom is 0.191 e. The summed E-state index contributed by atoms with van der Waals surface area (Å²) in [7, 11) is 0. The maximum atomic E-state index is 6.01. The highest BCUT2D eigenvalue weighted by Gasteiger charge is 2.20. The fourth-order valence-electron chi connectivity index (χ4n) is 3.39. The lowest BCUT2D eigenvalue weighted by Crippen LogP contribution is -2.45. The Kier molecular flexibility index (Phi) is 8.24. The molecule has 1 atom stereocenters. The number of hydrogen-bond donors (Lipinski definition) is 2. The number of para-hydroxylation sites is 2. The van der Waals surface area contributed by atoms with Crippen molar-refractivity contribution in [3.05, 3.63) is 66.2 Å². The molecule has 2 aromatic carbocycles. The summed E-state index contributed by atoms with van der Waals surface area (Å²) in [5.74, 6) is 2.38. The molecule has 0 radical (unpaired) electrons. The Balaban J connectivity index is 0.00000256. The summed E-state index contributed by atoms with van der Waals surface area (Å²) < 4.78 is 11.8. The standard InChI is InChI=1S/C23H28N4O2.HI/c1-2-24-23(26-16-20-17-28-21-7-3-4-8-22(21)29-20)25-15-18-9-11-19(12-10-18)27-13-5-6-14-27;/h3-12,20H,2,13-17H2,1H3,(H2,24,25,26);1H. The van der Waals surface area contributed by atoms with Crippen molar-refractivity contribution in [3.63, 3.8) is 0 Å². The third kappa shape index (κ3) is 5.81. The highest BCUT2D eigenvalue weighted by atomic mass is 127. The van der Waals surface area contributed by atoms with Gasteiger partial charge in [0.2, 0.25) is 0 Å². The van der Waals surface area contributed by atoms with Crippen LogP contribution in [0.25, 0.3) is 0 Å². The van der Waals surface area contributed by atoms with E-state index in [-0.39, 0.29) is 30.1 Å². The summed E-state index contributed by atoms with van der Waals surface area (Å²) in [6.45, 7) is 6.62. The van der Waals surface area contributed by atoms with Crippen LogP contribution in [0.15, 0.2) is 65.7 Å². The molecule has 160 valence electrons. The van der Waals surface area contributed by atoms with Crippen molar-refractivity contribution in [3.8, 4) is 11.5 Å². The number of hydrogen-bond acceptors (Lipinski definition) is 4. The Morgan fingerprint density at radius 2 is 1.77 bits per heavy atom. The lowest BCUT2D eigenvalue weighted by Gasteiger charge is -2.27. The molecule has 0 saturated carbocycles. The molecule has 0 aromatic heterocycles. The van der Waals surface area contributed by atoms with Crippen molar-refractivity contribution in [2.24, 2.45) is 4.99 Å². The summed E-state index contributed by atoms with van der Waals surface area (Å²) in [5.41, 5.74) is 2.44. The molecule has 2 N–H and O–H groups in total. The van der Waals surface area contributed by atoms with Crippen LogP contribution >= 0.6 is 24.0 Å². The van der Waals surface area contributed by atoms with Crippen molar-refractivity contribution in [1.82, 2.24) is 10.6 Å². The van der Waals surface area contributed by atoms with Gasteiger partial charge in [-0.25, -0.2) is 4.99 Å². The van der Waals surface area contributed by atoms with Gasteiger partial charge < -0.3 is 25.0 Å². The molecule has 0 amide bonds. The number of ether oxygens (including phenoxy) is 2. The summed E-state index contributed by atoms with van der Waals surface area (Å²) in [6.07, 6.45) is 4.35. The first-order valence-corrected chi connectivity index (χ1v) is 10.2. The van der Waals surface area contributed by atoms with E-state index in [2.05, 4.69) is 58.9 Å². The van der Waals surface area contributed by atoms with Gasteiger partial charge >= 0.3 is 0 Å². The molecule has 6 nitrogen and oxygen atoms in total. The lowest BCUT2D eigenvalue weighted by atomic mass is 10.2. The molecule has 0 saturated heterocycles. The SMILES string of the molecule is CCNC(=NCc1ccc(N2CC=CC2)cc1)NCC1COc2ccccc2O1.I. The number of anilines is 1. The number of rotatable bonds is 6. The van der Waals surface area contributed by atoms with Crippen LogP contribution in [-0.4, -0.2) is 44.8 Å². The summed E-state index contributed by atoms with van der Waals surface area (Å²) >= 11 is 0. The van der Waals surface area contributed by atoms with Crippen LogP contribution in [0.5, 0.6) is 11.5 Å². The molecule has 2 aliphatic rings. The van der Waals surface area contributed by atoms with Crippen LogP contribution in [0.2, 0.25) is 0 Å². The van der Waals surface area contributed by atoms with E-state index in [1.165, 1.54) is 11.3 Å². The van der Waals surface area contributed by atoms with Gasteiger partial charge in [0, 0.05) is 25.3 Å². The minimum Gasteiger partial charge on any atom is -0.486 e. The van der Waals surface area contributed by atoms with Crippen LogP contribution in [0, 0.1) is 0 Å². The molecule has 2 aromatic rings. The van der Waals surface area contributed by atoms with Gasteiger partial charge in [-0.15, -0.1) is 24.0 Å². The molecule has 0 aliphatic carbocycles. The van der Waals surface area contributed by atoms with E-state index in [0.29, 0.717) is 19.7 Å². The van der Waals surface area contributed by atoms with Crippen molar-refractivity contribution in [2.45, 2.75) is 19.6 Å². The second-order valence-corrected chi connectivity index (χ2v) is 7.12. The monoisotopic (exact) mass is 520 g/mol. The van der Waals surface area contributed by atoms with E-state index in [1.54, 1.807) is 0 Å². The third-order valence-electron chi connectivity index (χ3n) is 4.95. The van der Waals surface area contributed by atoms with Gasteiger partial charge in [-0.05, 0) is 36.8 Å². The van der Waals surface area contributed by atoms with Crippen LogP contribution in [-0.2, 0) is 6.54 Å². The van der Waals surface area contributed by atoms with Crippen LogP contribution in [0.3, 0.4) is 0 Å². The van der Waals surface area contributed by atoms with Gasteiger partial charge in [0.1, 0.15) is 12.7 Å². The molecular formula is C23H29IN4O2. The predicted molar refractivity (Wildman–Crippen MR) is 132 cm³/mol. The van der Waals surface area contributed by atoms with E-state index in [1.807, 2.05) is 24.3 Å². The Morgan fingerprint density at radius 1 is 1.03 bits per heavy atom. The molecule has 0 bridgehead atoms. The zero-order valence-electron chi connectivity index (χ0n) is 17.2. The highest BCUT2D eigenvalue weighted by Crippen LogP contribution is 2.30. The minimum absolute atomic E-state index is 0. The summed E-state index contributed by atoms with van der Waals surface area (Å²) in [5, 5.41) is 6.66. The second kappa shape index (κ2) is 11.1. The minimum atomic E-state index is -0.0536. The van der Waals surface area contributed by atoms with Gasteiger partial charge in [0.15, 0.2) is 17.5 Å². The van der Waals surface area contributed by atoms with Gasteiger partial charge in [0.25, 0.3) is 0 Å². The smallest absolute Gasteiger partial charge is 0.191 e. The molecule has 1 unspecified atom stereocenters. The van der Waals surface area contributed by atoms with Crippen molar-refractivity contribution < 1.29 is 9.47 Å². The van der Waals surface area contributed by atoms with E-state index >= 15 is 0 Å². The molecule has 7 heteroatoms. The van der Waals surface area contributed by atoms with Gasteiger partial charge in [-0.1, -0.05) is 36.4 Å². The van der Waals surface area contributed by atoms with Crippen molar-refractivity contribution >= 4 is 35.6 Å². The largest absolute Gasteiger partial charge is 0.486 e. The first kappa shape index (κ1) is 22.3. The fraction of sp³-hybridized carbons (Fsp3) is 0.348. The van der Waals surface area contributed by atoms with Gasteiger partial charge in [-0.3, -0.25) is 0 Å². The molecule has 0 fully saturated rings. The van der Waals surface area contributed by atoms with Gasteiger partial charge in [0.05, 0.1) is 13.1 Å². The Labute approximate surface area is 195 Å². The second-order valence-electron chi connectivity index (χ2n) is 7.12. The van der Waals surface area contributed by atoms with Crippen LogP contribution in [0.1, 0.15) is 12.5 Å². The average molecular weight is 520 g/mol. The average Bonchev–Trinajstić information content (AvgIpc) is 3.31. The van der Waals surface area contributed by atoms with E-state index in [0.717, 1.165) is 37.1 Å². The quantitative estimate of drug-likeness (QED) is 0.264. The molecule has 2 aliphatic heterocycles. The number of nitrogens with zero attached hydrogens (tertiary/aromatic N) is 2. The number of benzene rings is 2. The van der Waals surface area contributed by atoms with E-state index in [9.17, 15) is 0 Å². The number of guanidine groups is 1. The maximum absolute atomic E-state index is 6.01. The van der Waals surface area contributed by atoms with Gasteiger partial charge in [-0.2, -0.15) is 0 Å². The number of fused-ring (bicyclic) bond motifs is 1. The zero-order valence-corrected chi connectivity index (χ0v) is 19.5. The molecular weight excluding hydrogens is 491 g/mol. The number of halogens is 1. The molecule has 30 heavy (non-hydrogen) atoms. The van der Waals surface area contributed by atoms with E-state index < -0.39 is 0 Å². The molecule has 0 spiro atoms. The van der Waals surface area contributed by atoms with Crippen LogP contribution < -0.4 is 25.0 Å². The molecule has 2 heterocycles. The topological polar surface area (TPSA) is 58.1 Å².